The number of benzene rings is 2. The average Bonchev–Trinajstić information content (AvgIpc) is 3.28. The van der Waals surface area contributed by atoms with Gasteiger partial charge in [0.05, 0.1) is 6.10 Å². The van der Waals surface area contributed by atoms with Crippen molar-refractivity contribution in [3.8, 4) is 12.8 Å². The van der Waals surface area contributed by atoms with Gasteiger partial charge in [0.15, 0.2) is 5.78 Å². The first-order valence-electron chi connectivity index (χ1n) is 24.9. The van der Waals surface area contributed by atoms with Gasteiger partial charge in [-0.3, -0.25) is 4.79 Å². The number of likely N-dealkylation sites (tertiary alicyclic amines) is 1. The summed E-state index contributed by atoms with van der Waals surface area (Å²) in [6.07, 6.45) is 32.1. The van der Waals surface area contributed by atoms with Crippen LogP contribution < -0.4 is 0 Å². The summed E-state index contributed by atoms with van der Waals surface area (Å²) < 4.78 is 5.83. The molecule has 2 saturated carbocycles. The number of nitrogens with zero attached hydrogens (tertiary/aromatic N) is 1. The second-order valence-electron chi connectivity index (χ2n) is 17.5. The second kappa shape index (κ2) is 32.9. The summed E-state index contributed by atoms with van der Waals surface area (Å²) in [6, 6.07) is 12.9. The molecular formula is C62H93NO2. The van der Waals surface area contributed by atoms with Crippen LogP contribution in [0.3, 0.4) is 0 Å². The van der Waals surface area contributed by atoms with Crippen molar-refractivity contribution in [1.29, 1.82) is 0 Å². The first-order valence-corrected chi connectivity index (χ1v) is 24.9. The van der Waals surface area contributed by atoms with Crippen LogP contribution in [0.1, 0.15) is 192 Å². The molecule has 65 heavy (non-hydrogen) atoms. The molecule has 2 aliphatic carbocycles. The number of rotatable bonds is 16. The number of ketones is 1. The first-order chi connectivity index (χ1) is 31.1. The molecule has 2 aromatic rings. The molecule has 0 N–H and O–H groups in total. The fourth-order valence-corrected chi connectivity index (χ4v) is 8.32. The number of aryl methyl sites for hydroxylation is 2. The van der Waals surface area contributed by atoms with Crippen LogP contribution >= 0.6 is 0 Å². The van der Waals surface area contributed by atoms with E-state index in [9.17, 15) is 4.79 Å². The van der Waals surface area contributed by atoms with Crippen molar-refractivity contribution in [3.63, 3.8) is 0 Å². The van der Waals surface area contributed by atoms with Crippen LogP contribution in [0.2, 0.25) is 0 Å². The van der Waals surface area contributed by atoms with E-state index in [-0.39, 0.29) is 5.78 Å². The predicted octanol–water partition coefficient (Wildman–Crippen LogP) is 18.0. The van der Waals surface area contributed by atoms with E-state index in [1.54, 1.807) is 6.92 Å². The fraction of sp³-hybridized carbons (Fsp3) is 0.500. The lowest BCUT2D eigenvalue weighted by Gasteiger charge is -2.50. The van der Waals surface area contributed by atoms with Crippen LogP contribution in [-0.4, -0.2) is 36.4 Å². The van der Waals surface area contributed by atoms with E-state index in [1.165, 1.54) is 108 Å². The highest BCUT2D eigenvalue weighted by Gasteiger charge is 2.39. The summed E-state index contributed by atoms with van der Waals surface area (Å²) in [5, 5.41) is 0. The van der Waals surface area contributed by atoms with Crippen LogP contribution in [0.5, 0.6) is 0 Å². The van der Waals surface area contributed by atoms with Gasteiger partial charge in [-0.2, -0.15) is 0 Å². The molecular weight excluding hydrogens is 791 g/mol. The van der Waals surface area contributed by atoms with Crippen molar-refractivity contribution < 1.29 is 9.53 Å². The molecule has 0 bridgehead atoms. The Bertz CT molecular complexity index is 1940. The van der Waals surface area contributed by atoms with Crippen LogP contribution in [0.25, 0.3) is 16.7 Å². The minimum absolute atomic E-state index is 0.116. The zero-order valence-electron chi connectivity index (χ0n) is 44.2. The van der Waals surface area contributed by atoms with E-state index in [0.717, 1.165) is 60.5 Å². The van der Waals surface area contributed by atoms with Crippen molar-refractivity contribution in [3.05, 3.63) is 149 Å². The van der Waals surface area contributed by atoms with Crippen molar-refractivity contribution in [1.82, 2.24) is 4.90 Å². The highest BCUT2D eigenvalue weighted by Crippen LogP contribution is 2.37. The van der Waals surface area contributed by atoms with Gasteiger partial charge < -0.3 is 9.64 Å². The zero-order valence-corrected chi connectivity index (χ0v) is 44.2. The van der Waals surface area contributed by atoms with Gasteiger partial charge in [0.25, 0.3) is 0 Å². The van der Waals surface area contributed by atoms with Gasteiger partial charge in [-0.1, -0.05) is 159 Å². The summed E-state index contributed by atoms with van der Waals surface area (Å²) in [5.41, 5.74) is 15.1. The smallest absolute Gasteiger partial charge is 0.160 e. The van der Waals surface area contributed by atoms with Crippen molar-refractivity contribution in [2.45, 2.75) is 174 Å². The maximum Gasteiger partial charge on any atom is 0.160 e. The number of terminal acetylenes is 1. The third-order valence-corrected chi connectivity index (χ3v) is 12.8. The average molecular weight is 884 g/mol. The molecule has 1 unspecified atom stereocenters. The van der Waals surface area contributed by atoms with Crippen LogP contribution in [0, 0.1) is 31.1 Å². The Morgan fingerprint density at radius 2 is 1.48 bits per heavy atom. The molecule has 0 aromatic heterocycles. The molecule has 358 valence electrons. The lowest BCUT2D eigenvalue weighted by Crippen LogP contribution is -2.55. The van der Waals surface area contributed by atoms with Gasteiger partial charge in [0.2, 0.25) is 0 Å². The molecule has 1 atom stereocenters. The third-order valence-electron chi connectivity index (χ3n) is 12.8. The molecule has 0 amide bonds. The Hall–Kier alpha value is -4.65. The highest BCUT2D eigenvalue weighted by atomic mass is 16.5. The molecule has 3 nitrogen and oxygen atoms in total. The van der Waals surface area contributed by atoms with Gasteiger partial charge in [0, 0.05) is 18.7 Å². The lowest BCUT2D eigenvalue weighted by atomic mass is 9.75. The molecule has 3 heteroatoms. The normalized spacial score (nSPS) is 17.0. The summed E-state index contributed by atoms with van der Waals surface area (Å²) >= 11 is 0. The number of allylic oxidation sites excluding steroid dienone is 11. The zero-order chi connectivity index (χ0) is 49.7. The molecule has 2 aromatic carbocycles. The van der Waals surface area contributed by atoms with E-state index in [1.807, 2.05) is 46.8 Å². The minimum Gasteiger partial charge on any atom is -0.491 e. The number of ether oxygens (including phenoxy) is 1. The van der Waals surface area contributed by atoms with Crippen molar-refractivity contribution >= 4 is 22.5 Å². The Labute approximate surface area is 401 Å². The molecule has 5 rings (SSSR count). The monoisotopic (exact) mass is 884 g/mol. The molecule has 1 heterocycles. The van der Waals surface area contributed by atoms with E-state index in [0.29, 0.717) is 11.5 Å². The van der Waals surface area contributed by atoms with Gasteiger partial charge in [-0.15, -0.1) is 12.8 Å². The highest BCUT2D eigenvalue weighted by molar-refractivity contribution is 5.98. The summed E-state index contributed by atoms with van der Waals surface area (Å²) in [7, 11) is 0. The molecule has 1 saturated heterocycles. The Morgan fingerprint density at radius 3 is 1.94 bits per heavy atom. The minimum atomic E-state index is 0.116. The van der Waals surface area contributed by atoms with Crippen molar-refractivity contribution in [2.24, 2.45) is 11.3 Å². The Balaban J connectivity index is 0.000000971. The number of carbonyl (C=O) groups is 1. The Kier molecular flexibility index (Phi) is 30.6. The quantitative estimate of drug-likeness (QED) is 0.0553. The molecule has 3 aliphatic rings. The largest absolute Gasteiger partial charge is 0.491 e. The number of Topliss-reactive ketones (excluding diaryl/α,β-unsaturated/α-hetero) is 1. The standard InChI is InChI=1S/C26H34O.C21H31NO.C9H14.2C2H6.C2H2/c1-7-11-19(4)25(9-3)26-17-16-23(18-20(26)5)22(8-2)15-14-21(6)27-24-12-10-13-24;1-6-21(7-2)14-22(15-21)12-8-9-18-10-11-19(17(5)23)20(13-18)16(3)4;1-7-4-5-8(2)9(3)6-7;3*1-2/h8-9,11,14-18,24H,6-7,10,12-13H2,1-5H3;10-11,13H,3,6-9,12,14-15H2,1-2,4-5H3;8H,1,3-6H2,2H3;2*1-2H3;1-2H/b15-14-,19-11-,22-8+,25-9+;;;;;. The van der Waals surface area contributed by atoms with E-state index in [2.05, 4.69) is 154 Å². The van der Waals surface area contributed by atoms with E-state index >= 15 is 0 Å². The predicted molar refractivity (Wildman–Crippen MR) is 292 cm³/mol. The summed E-state index contributed by atoms with van der Waals surface area (Å²) in [5.74, 6) is 1.60. The van der Waals surface area contributed by atoms with E-state index in [4.69, 9.17) is 4.74 Å². The second-order valence-corrected chi connectivity index (χ2v) is 17.5. The number of carbonyl (C=O) groups excluding carboxylic acids is 1. The van der Waals surface area contributed by atoms with Gasteiger partial charge in [-0.25, -0.2) is 0 Å². The number of hydrogen-bond donors (Lipinski definition) is 0. The van der Waals surface area contributed by atoms with Gasteiger partial charge in [-0.05, 0) is 181 Å². The Morgan fingerprint density at radius 1 is 0.862 bits per heavy atom. The van der Waals surface area contributed by atoms with Crippen LogP contribution in [-0.2, 0) is 11.2 Å². The SMILES string of the molecule is C#C.C=C(/C=C\C(=C/C)c1ccc(C(=C/C)/C(C)=C\CC)c(C)c1)OC1CCC1.C=C(C)c1cc(CCCN2CC(CC)(CC)C2)ccc1C(C)=O.C=C1CCC(C)C(=C)C1.CC.CC. The van der Waals surface area contributed by atoms with Crippen LogP contribution in [0.15, 0.2) is 116 Å². The topological polar surface area (TPSA) is 29.5 Å². The fourth-order valence-electron chi connectivity index (χ4n) is 8.32. The third kappa shape index (κ3) is 20.2. The van der Waals surface area contributed by atoms with Crippen LogP contribution in [0.4, 0.5) is 0 Å². The lowest BCUT2D eigenvalue weighted by molar-refractivity contribution is -0.00622. The molecule has 0 spiro atoms. The van der Waals surface area contributed by atoms with E-state index < -0.39 is 0 Å². The van der Waals surface area contributed by atoms with Gasteiger partial charge in [0.1, 0.15) is 5.76 Å². The molecule has 0 radical (unpaired) electrons. The maximum atomic E-state index is 11.7. The molecule has 3 fully saturated rings. The summed E-state index contributed by atoms with van der Waals surface area (Å²) in [6.45, 7) is 48.9. The molecule has 1 aliphatic heterocycles. The van der Waals surface area contributed by atoms with Crippen molar-refractivity contribution in [2.75, 3.05) is 19.6 Å². The maximum absolute atomic E-state index is 11.7. The first kappa shape index (κ1) is 60.4. The summed E-state index contributed by atoms with van der Waals surface area (Å²) in [4.78, 5) is 14.3. The number of hydrogen-bond acceptors (Lipinski definition) is 3. The van der Waals surface area contributed by atoms with Gasteiger partial charge >= 0.3 is 0 Å².